The second-order valence-electron chi connectivity index (χ2n) is 11.9. The third-order valence-corrected chi connectivity index (χ3v) is 8.11. The van der Waals surface area contributed by atoms with Crippen LogP contribution in [-0.4, -0.2) is 5.71 Å². The van der Waals surface area contributed by atoms with Crippen LogP contribution >= 0.6 is 0 Å². The van der Waals surface area contributed by atoms with Crippen molar-refractivity contribution in [3.8, 4) is 33.4 Å². The quantitative estimate of drug-likeness (QED) is 0.230. The van der Waals surface area contributed by atoms with Gasteiger partial charge in [-0.25, -0.2) is 0 Å². The summed E-state index contributed by atoms with van der Waals surface area (Å²) in [5.74, 6) is 0.0921. The van der Waals surface area contributed by atoms with E-state index in [1.54, 1.807) is 0 Å². The van der Waals surface area contributed by atoms with Crippen LogP contribution in [0.4, 0.5) is 0 Å². The normalized spacial score (nSPS) is 14.1. The first-order valence-corrected chi connectivity index (χ1v) is 13.8. The average molecular weight is 506 g/mol. The van der Waals surface area contributed by atoms with Crippen molar-refractivity contribution in [1.29, 1.82) is 5.41 Å². The minimum absolute atomic E-state index is 0.0749. The van der Waals surface area contributed by atoms with Crippen molar-refractivity contribution in [2.24, 2.45) is 0 Å². The van der Waals surface area contributed by atoms with Crippen molar-refractivity contribution < 1.29 is 0 Å². The van der Waals surface area contributed by atoms with Gasteiger partial charge in [0.2, 0.25) is 0 Å². The van der Waals surface area contributed by atoms with Gasteiger partial charge in [0.15, 0.2) is 0 Å². The zero-order valence-electron chi connectivity index (χ0n) is 23.5. The third kappa shape index (κ3) is 4.42. The van der Waals surface area contributed by atoms with Crippen molar-refractivity contribution in [2.45, 2.75) is 46.0 Å². The minimum atomic E-state index is 0.0749. The molecule has 0 saturated carbocycles. The predicted octanol–water partition coefficient (Wildman–Crippen LogP) is 10.2. The van der Waals surface area contributed by atoms with Crippen LogP contribution in [-0.2, 0) is 5.41 Å². The molecule has 39 heavy (non-hydrogen) atoms. The zero-order valence-corrected chi connectivity index (χ0v) is 23.5. The summed E-state index contributed by atoms with van der Waals surface area (Å²) in [6.45, 7) is 10.9. The molecule has 0 heterocycles. The van der Waals surface area contributed by atoms with Crippen LogP contribution in [0, 0.1) is 12.3 Å². The third-order valence-electron chi connectivity index (χ3n) is 8.11. The van der Waals surface area contributed by atoms with E-state index in [1.807, 2.05) is 6.92 Å². The van der Waals surface area contributed by atoms with E-state index >= 15 is 0 Å². The van der Waals surface area contributed by atoms with Gasteiger partial charge < -0.3 is 5.41 Å². The molecule has 1 N–H and O–H groups in total. The fourth-order valence-corrected chi connectivity index (χ4v) is 6.05. The summed E-state index contributed by atoms with van der Waals surface area (Å²) in [4.78, 5) is 0. The highest BCUT2D eigenvalue weighted by Gasteiger charge is 2.34. The maximum atomic E-state index is 8.58. The summed E-state index contributed by atoms with van der Waals surface area (Å²) in [7, 11) is 0. The van der Waals surface area contributed by atoms with E-state index in [0.717, 1.165) is 5.56 Å². The Bertz CT molecular complexity index is 1640. The largest absolute Gasteiger partial charge is 0.305 e. The van der Waals surface area contributed by atoms with Gasteiger partial charge in [-0.2, -0.15) is 0 Å². The number of aryl methyl sites for hydroxylation is 1. The molecule has 0 saturated heterocycles. The maximum absolute atomic E-state index is 8.58. The van der Waals surface area contributed by atoms with Crippen LogP contribution in [0.1, 0.15) is 67.0 Å². The molecule has 1 unspecified atom stereocenters. The van der Waals surface area contributed by atoms with Crippen molar-refractivity contribution in [3.63, 3.8) is 0 Å². The summed E-state index contributed by atoms with van der Waals surface area (Å²) in [6, 6.07) is 39.9. The molecule has 1 nitrogen and oxygen atoms in total. The van der Waals surface area contributed by atoms with Crippen molar-refractivity contribution in [3.05, 3.63) is 143 Å². The number of fused-ring (bicyclic) bond motifs is 3. The van der Waals surface area contributed by atoms with Gasteiger partial charge in [0.1, 0.15) is 0 Å². The molecule has 0 radical (unpaired) electrons. The van der Waals surface area contributed by atoms with Crippen molar-refractivity contribution in [1.82, 2.24) is 0 Å². The van der Waals surface area contributed by atoms with E-state index in [-0.39, 0.29) is 11.3 Å². The first kappa shape index (κ1) is 25.1. The van der Waals surface area contributed by atoms with E-state index in [0.29, 0.717) is 5.71 Å². The zero-order chi connectivity index (χ0) is 27.3. The Hall–Kier alpha value is -4.23. The molecular formula is C38H35N. The van der Waals surface area contributed by atoms with Gasteiger partial charge >= 0.3 is 0 Å². The molecule has 0 aliphatic heterocycles. The van der Waals surface area contributed by atoms with E-state index in [1.165, 1.54) is 61.2 Å². The van der Waals surface area contributed by atoms with E-state index in [2.05, 4.69) is 137 Å². The van der Waals surface area contributed by atoms with Crippen LogP contribution in [0.2, 0.25) is 0 Å². The van der Waals surface area contributed by atoms with Crippen LogP contribution in [0.5, 0.6) is 0 Å². The van der Waals surface area contributed by atoms with E-state index < -0.39 is 0 Å². The first-order valence-electron chi connectivity index (χ1n) is 13.8. The number of rotatable bonds is 4. The lowest BCUT2D eigenvalue weighted by atomic mass is 9.78. The molecule has 1 aliphatic carbocycles. The lowest BCUT2D eigenvalue weighted by molar-refractivity contribution is 0.590. The lowest BCUT2D eigenvalue weighted by Gasteiger charge is -2.25. The first-order chi connectivity index (χ1) is 18.7. The highest BCUT2D eigenvalue weighted by molar-refractivity contribution is 6.00. The standard InChI is InChI=1S/C38H35N/c1-24-16-18-30-34-23-29(38(3,4)5)17-19-31(34)36(35(30)20-24)37-32(26-12-8-6-9-13-26)21-28(25(2)39)22-33(37)27-14-10-7-11-15-27/h6-23,36,39H,1-5H3. The summed E-state index contributed by atoms with van der Waals surface area (Å²) in [5, 5.41) is 8.58. The second kappa shape index (κ2) is 9.50. The number of hydrogen-bond donors (Lipinski definition) is 1. The highest BCUT2D eigenvalue weighted by Crippen LogP contribution is 2.53. The van der Waals surface area contributed by atoms with Crippen LogP contribution in [0.3, 0.4) is 0 Å². The van der Waals surface area contributed by atoms with Crippen LogP contribution < -0.4 is 0 Å². The van der Waals surface area contributed by atoms with Gasteiger partial charge in [-0.05, 0) is 92.6 Å². The molecule has 0 aromatic heterocycles. The number of hydrogen-bond acceptors (Lipinski definition) is 1. The monoisotopic (exact) mass is 505 g/mol. The van der Waals surface area contributed by atoms with Gasteiger partial charge in [0.05, 0.1) is 0 Å². The Morgan fingerprint density at radius 3 is 1.74 bits per heavy atom. The van der Waals surface area contributed by atoms with Crippen LogP contribution in [0.15, 0.2) is 109 Å². The highest BCUT2D eigenvalue weighted by atomic mass is 14.4. The molecule has 6 rings (SSSR count). The molecule has 0 amide bonds. The maximum Gasteiger partial charge on any atom is 0.0364 e. The molecule has 0 fully saturated rings. The van der Waals surface area contributed by atoms with Gasteiger partial charge in [-0.3, -0.25) is 0 Å². The minimum Gasteiger partial charge on any atom is -0.305 e. The van der Waals surface area contributed by atoms with Crippen molar-refractivity contribution >= 4 is 5.71 Å². The summed E-state index contributed by atoms with van der Waals surface area (Å²) >= 11 is 0. The molecule has 0 bridgehead atoms. The Balaban J connectivity index is 1.74. The topological polar surface area (TPSA) is 23.9 Å². The van der Waals surface area contributed by atoms with E-state index in [4.69, 9.17) is 5.41 Å². The summed E-state index contributed by atoms with van der Waals surface area (Å²) in [6.07, 6.45) is 0. The Morgan fingerprint density at radius 1 is 0.615 bits per heavy atom. The Labute approximate surface area is 232 Å². The van der Waals surface area contributed by atoms with Crippen LogP contribution in [0.25, 0.3) is 33.4 Å². The lowest BCUT2D eigenvalue weighted by Crippen LogP contribution is -2.11. The smallest absolute Gasteiger partial charge is 0.0364 e. The van der Waals surface area contributed by atoms with Gasteiger partial charge in [0.25, 0.3) is 0 Å². The molecule has 1 heteroatoms. The number of nitrogens with one attached hydrogen (secondary N) is 1. The molecule has 1 aliphatic rings. The Kier molecular flexibility index (Phi) is 6.11. The fourth-order valence-electron chi connectivity index (χ4n) is 6.05. The van der Waals surface area contributed by atoms with Gasteiger partial charge in [0, 0.05) is 11.6 Å². The van der Waals surface area contributed by atoms with Crippen molar-refractivity contribution in [2.75, 3.05) is 0 Å². The molecule has 5 aromatic rings. The average Bonchev–Trinajstić information content (AvgIpc) is 3.25. The number of benzene rings is 5. The van der Waals surface area contributed by atoms with E-state index in [9.17, 15) is 0 Å². The van der Waals surface area contributed by atoms with Gasteiger partial charge in [-0.15, -0.1) is 0 Å². The fraction of sp³-hybridized carbons (Fsp3) is 0.184. The second-order valence-corrected chi connectivity index (χ2v) is 11.9. The molecule has 0 spiro atoms. The Morgan fingerprint density at radius 2 is 1.21 bits per heavy atom. The molecular weight excluding hydrogens is 470 g/mol. The van der Waals surface area contributed by atoms with Gasteiger partial charge in [-0.1, -0.05) is 123 Å². The SMILES string of the molecule is CC(=N)c1cc(-c2ccccc2)c(C2c3ccc(C(C)(C)C)cc3-c3ccc(C)cc32)c(-c2ccccc2)c1. The predicted molar refractivity (Wildman–Crippen MR) is 166 cm³/mol. The summed E-state index contributed by atoms with van der Waals surface area (Å²) in [5.41, 5.74) is 15.7. The molecule has 5 aromatic carbocycles. The molecule has 192 valence electrons. The summed E-state index contributed by atoms with van der Waals surface area (Å²) < 4.78 is 0. The molecule has 1 atom stereocenters.